The van der Waals surface area contributed by atoms with E-state index in [1.165, 1.54) is 6.26 Å². The molecule has 148 valence electrons. The standard InChI is InChI=1S/C17H30N4O4S/c1-14(22)18-5-3-15(4-6-18)19-11-17(12-19)13-20(26(2,23)24)9-16-10-25-8-7-21(16)17/h15-16H,3-13H2,1-2H3/t16-/m1/s1. The van der Waals surface area contributed by atoms with Crippen LogP contribution in [0.5, 0.6) is 0 Å². The van der Waals surface area contributed by atoms with Crippen molar-refractivity contribution in [3.63, 3.8) is 0 Å². The maximum absolute atomic E-state index is 12.2. The van der Waals surface area contributed by atoms with Gasteiger partial charge in [0.2, 0.25) is 15.9 Å². The summed E-state index contributed by atoms with van der Waals surface area (Å²) in [4.78, 5) is 18.5. The van der Waals surface area contributed by atoms with Gasteiger partial charge in [-0.3, -0.25) is 14.6 Å². The number of hydrogen-bond acceptors (Lipinski definition) is 6. The van der Waals surface area contributed by atoms with Gasteiger partial charge in [-0.05, 0) is 12.8 Å². The van der Waals surface area contributed by atoms with Crippen molar-refractivity contribution < 1.29 is 17.9 Å². The fourth-order valence-corrected chi connectivity index (χ4v) is 6.12. The maximum Gasteiger partial charge on any atom is 0.219 e. The van der Waals surface area contributed by atoms with Crippen LogP contribution >= 0.6 is 0 Å². The molecule has 0 aromatic rings. The number of rotatable bonds is 2. The van der Waals surface area contributed by atoms with Crippen LogP contribution in [0.3, 0.4) is 0 Å². The minimum atomic E-state index is -3.19. The van der Waals surface area contributed by atoms with Gasteiger partial charge in [0.05, 0.1) is 25.0 Å². The van der Waals surface area contributed by atoms with Gasteiger partial charge in [-0.1, -0.05) is 0 Å². The molecule has 4 fully saturated rings. The molecule has 0 saturated carbocycles. The summed E-state index contributed by atoms with van der Waals surface area (Å²) in [5, 5.41) is 0. The monoisotopic (exact) mass is 386 g/mol. The molecular weight excluding hydrogens is 356 g/mol. The molecule has 0 aliphatic carbocycles. The van der Waals surface area contributed by atoms with Gasteiger partial charge < -0.3 is 9.64 Å². The summed E-state index contributed by atoms with van der Waals surface area (Å²) in [5.74, 6) is 0.163. The highest BCUT2D eigenvalue weighted by atomic mass is 32.2. The van der Waals surface area contributed by atoms with Gasteiger partial charge in [-0.15, -0.1) is 0 Å². The Hall–Kier alpha value is -0.740. The lowest BCUT2D eigenvalue weighted by molar-refractivity contribution is -0.165. The molecule has 4 heterocycles. The smallest absolute Gasteiger partial charge is 0.219 e. The Balaban J connectivity index is 1.44. The number of hydrogen-bond donors (Lipinski definition) is 0. The number of ether oxygens (including phenoxy) is 1. The molecule has 0 N–H and O–H groups in total. The lowest BCUT2D eigenvalue weighted by atomic mass is 9.81. The highest BCUT2D eigenvalue weighted by molar-refractivity contribution is 7.88. The highest BCUT2D eigenvalue weighted by Crippen LogP contribution is 2.38. The molecule has 4 saturated heterocycles. The zero-order valence-corrected chi connectivity index (χ0v) is 16.6. The predicted octanol–water partition coefficient (Wildman–Crippen LogP) is -0.972. The van der Waals surface area contributed by atoms with Crippen LogP contribution in [0, 0.1) is 0 Å². The van der Waals surface area contributed by atoms with E-state index in [2.05, 4.69) is 9.80 Å². The van der Waals surface area contributed by atoms with E-state index in [1.54, 1.807) is 11.2 Å². The first-order valence-corrected chi connectivity index (χ1v) is 11.4. The molecule has 26 heavy (non-hydrogen) atoms. The fraction of sp³-hybridized carbons (Fsp3) is 0.941. The quantitative estimate of drug-likeness (QED) is 0.608. The summed E-state index contributed by atoms with van der Waals surface area (Å²) < 4.78 is 31.7. The van der Waals surface area contributed by atoms with E-state index in [4.69, 9.17) is 4.74 Å². The Kier molecular flexibility index (Phi) is 4.80. The lowest BCUT2D eigenvalue weighted by Gasteiger charge is -2.64. The first-order valence-electron chi connectivity index (χ1n) is 9.58. The van der Waals surface area contributed by atoms with Crippen LogP contribution in [0.15, 0.2) is 0 Å². The number of sulfonamides is 1. The lowest BCUT2D eigenvalue weighted by Crippen LogP contribution is -2.81. The molecule has 4 aliphatic rings. The van der Waals surface area contributed by atoms with Crippen molar-refractivity contribution in [3.8, 4) is 0 Å². The van der Waals surface area contributed by atoms with E-state index in [-0.39, 0.29) is 17.5 Å². The third kappa shape index (κ3) is 3.28. The van der Waals surface area contributed by atoms with Crippen LogP contribution in [-0.4, -0.2) is 116 Å². The number of piperazine rings is 1. The summed E-state index contributed by atoms with van der Waals surface area (Å²) in [5.41, 5.74) is -0.0759. The molecule has 1 amide bonds. The second-order valence-corrected chi connectivity index (χ2v) is 10.3. The summed E-state index contributed by atoms with van der Waals surface area (Å²) in [7, 11) is -3.19. The number of carbonyl (C=O) groups is 1. The zero-order chi connectivity index (χ0) is 18.5. The normalized spacial score (nSPS) is 31.6. The van der Waals surface area contributed by atoms with Gasteiger partial charge in [-0.2, -0.15) is 4.31 Å². The predicted molar refractivity (Wildman–Crippen MR) is 97.3 cm³/mol. The van der Waals surface area contributed by atoms with Crippen molar-refractivity contribution in [1.29, 1.82) is 0 Å². The molecule has 1 spiro atoms. The summed E-state index contributed by atoms with van der Waals surface area (Å²) in [6.45, 7) is 8.50. The van der Waals surface area contributed by atoms with E-state index >= 15 is 0 Å². The Labute approximate surface area is 156 Å². The number of likely N-dealkylation sites (tertiary alicyclic amines) is 2. The SMILES string of the molecule is CC(=O)N1CCC(N2CC3(C2)CN(S(C)(=O)=O)C[C@@H]2COCCN23)CC1. The Morgan fingerprint density at radius 1 is 1.08 bits per heavy atom. The second-order valence-electron chi connectivity index (χ2n) is 8.34. The van der Waals surface area contributed by atoms with Crippen molar-refractivity contribution in [3.05, 3.63) is 0 Å². The molecule has 0 aromatic heterocycles. The molecule has 4 aliphatic heterocycles. The maximum atomic E-state index is 12.2. The minimum Gasteiger partial charge on any atom is -0.378 e. The number of nitrogens with zero attached hydrogens (tertiary/aromatic N) is 4. The summed E-state index contributed by atoms with van der Waals surface area (Å²) in [6, 6.07) is 0.665. The van der Waals surface area contributed by atoms with E-state index in [0.29, 0.717) is 25.7 Å². The largest absolute Gasteiger partial charge is 0.378 e. The highest BCUT2D eigenvalue weighted by Gasteiger charge is 2.56. The minimum absolute atomic E-state index is 0.0759. The van der Waals surface area contributed by atoms with Crippen molar-refractivity contribution in [1.82, 2.24) is 19.0 Å². The van der Waals surface area contributed by atoms with Crippen LogP contribution < -0.4 is 0 Å². The Bertz CT molecular complexity index is 656. The number of fused-ring (bicyclic) bond motifs is 2. The van der Waals surface area contributed by atoms with Crippen LogP contribution in [0.4, 0.5) is 0 Å². The third-order valence-corrected chi connectivity index (χ3v) is 7.83. The van der Waals surface area contributed by atoms with Crippen molar-refractivity contribution in [2.45, 2.75) is 37.4 Å². The fourth-order valence-electron chi connectivity index (χ4n) is 5.20. The summed E-state index contributed by atoms with van der Waals surface area (Å²) in [6.07, 6.45) is 3.34. The third-order valence-electron chi connectivity index (χ3n) is 6.61. The Morgan fingerprint density at radius 2 is 1.77 bits per heavy atom. The zero-order valence-electron chi connectivity index (χ0n) is 15.8. The average molecular weight is 387 g/mol. The van der Waals surface area contributed by atoms with Crippen LogP contribution in [0.1, 0.15) is 19.8 Å². The first kappa shape index (κ1) is 18.6. The van der Waals surface area contributed by atoms with Gasteiger partial charge in [0.1, 0.15) is 0 Å². The number of carbonyl (C=O) groups excluding carboxylic acids is 1. The molecule has 0 aromatic carbocycles. The number of amides is 1. The topological polar surface area (TPSA) is 73.4 Å². The van der Waals surface area contributed by atoms with Crippen molar-refractivity contribution >= 4 is 15.9 Å². The number of piperidine rings is 1. The summed E-state index contributed by atoms with van der Waals surface area (Å²) >= 11 is 0. The van der Waals surface area contributed by atoms with Gasteiger partial charge in [-0.25, -0.2) is 8.42 Å². The molecule has 9 heteroatoms. The van der Waals surface area contributed by atoms with Gasteiger partial charge in [0.15, 0.2) is 0 Å². The van der Waals surface area contributed by atoms with Gasteiger partial charge in [0.25, 0.3) is 0 Å². The molecular formula is C17H30N4O4S. The Morgan fingerprint density at radius 3 is 2.38 bits per heavy atom. The molecule has 8 nitrogen and oxygen atoms in total. The van der Waals surface area contributed by atoms with E-state index in [1.807, 2.05) is 4.90 Å². The average Bonchev–Trinajstić information content (AvgIpc) is 2.58. The molecule has 0 radical (unpaired) electrons. The molecule has 0 unspecified atom stereocenters. The van der Waals surface area contributed by atoms with Crippen LogP contribution in [0.25, 0.3) is 0 Å². The van der Waals surface area contributed by atoms with Crippen LogP contribution in [0.2, 0.25) is 0 Å². The van der Waals surface area contributed by atoms with E-state index in [9.17, 15) is 13.2 Å². The van der Waals surface area contributed by atoms with Crippen molar-refractivity contribution in [2.75, 3.05) is 65.3 Å². The molecule has 0 bridgehead atoms. The molecule has 4 rings (SSSR count). The van der Waals surface area contributed by atoms with E-state index < -0.39 is 10.0 Å². The van der Waals surface area contributed by atoms with E-state index in [0.717, 1.165) is 52.2 Å². The van der Waals surface area contributed by atoms with Crippen molar-refractivity contribution in [2.24, 2.45) is 0 Å². The number of morpholine rings is 1. The molecule has 1 atom stereocenters. The van der Waals surface area contributed by atoms with Gasteiger partial charge >= 0.3 is 0 Å². The second kappa shape index (κ2) is 6.70. The van der Waals surface area contributed by atoms with Gasteiger partial charge in [0, 0.05) is 64.8 Å². The van der Waals surface area contributed by atoms with Crippen LogP contribution in [-0.2, 0) is 19.6 Å². The first-order chi connectivity index (χ1) is 12.3.